The lowest BCUT2D eigenvalue weighted by Gasteiger charge is -2.25. The topological polar surface area (TPSA) is 212 Å². The van der Waals surface area contributed by atoms with Crippen LogP contribution in [-0.4, -0.2) is 97.4 Å². The van der Waals surface area contributed by atoms with Gasteiger partial charge in [0.25, 0.3) is 0 Å². The van der Waals surface area contributed by atoms with Crippen LogP contribution in [-0.2, 0) is 16.1 Å². The molecule has 12 nitrogen and oxygen atoms in total. The lowest BCUT2D eigenvalue weighted by molar-refractivity contribution is -0.148. The summed E-state index contributed by atoms with van der Waals surface area (Å²) in [5, 5.41) is 74.1. The highest BCUT2D eigenvalue weighted by Gasteiger charge is 2.30. The zero-order valence-corrected chi connectivity index (χ0v) is 14.7. The highest BCUT2D eigenvalue weighted by atomic mass is 16.7. The maximum absolute atomic E-state index is 11.4. The third-order valence-electron chi connectivity index (χ3n) is 3.77. The fourth-order valence-corrected chi connectivity index (χ4v) is 2.07. The van der Waals surface area contributed by atoms with E-state index in [2.05, 4.69) is 5.43 Å². The number of hydrogen-bond donors (Lipinski definition) is 10. The van der Waals surface area contributed by atoms with Gasteiger partial charge in [-0.2, -0.15) is 0 Å². The Balaban J connectivity index is 2.58. The third kappa shape index (κ3) is 7.77. The van der Waals surface area contributed by atoms with Crippen LogP contribution in [0.15, 0.2) is 24.3 Å². The molecule has 0 spiro atoms. The molecule has 158 valence electrons. The zero-order chi connectivity index (χ0) is 22.2. The first-order valence-corrected chi connectivity index (χ1v) is 8.17. The van der Waals surface area contributed by atoms with Crippen molar-refractivity contribution in [1.82, 2.24) is 11.0 Å². The van der Waals surface area contributed by atoms with Crippen LogP contribution in [0, 0.1) is 0 Å². The molecule has 0 fully saturated rings. The number of hydrazine groups is 1. The molecule has 0 radical (unpaired) electrons. The molecule has 0 aliphatic carbocycles. The van der Waals surface area contributed by atoms with Gasteiger partial charge in [-0.05, 0) is 17.4 Å². The number of benzene rings is 1. The van der Waals surface area contributed by atoms with Crippen molar-refractivity contribution >= 4 is 18.6 Å². The van der Waals surface area contributed by atoms with Crippen molar-refractivity contribution in [2.45, 2.75) is 36.9 Å². The van der Waals surface area contributed by atoms with Crippen molar-refractivity contribution in [2.75, 3.05) is 13.2 Å². The minimum Gasteiger partial charge on any atom is -0.480 e. The van der Waals surface area contributed by atoms with Crippen molar-refractivity contribution in [3.05, 3.63) is 29.8 Å². The van der Waals surface area contributed by atoms with E-state index in [4.69, 9.17) is 21.4 Å². The van der Waals surface area contributed by atoms with Gasteiger partial charge in [0.15, 0.2) is 0 Å². The van der Waals surface area contributed by atoms with Crippen LogP contribution in [0.1, 0.15) is 6.93 Å². The van der Waals surface area contributed by atoms with Gasteiger partial charge in [0, 0.05) is 0 Å². The Morgan fingerprint density at radius 3 is 2.18 bits per heavy atom. The number of nitrogens with one attached hydrogen (secondary N) is 2. The average Bonchev–Trinajstić information content (AvgIpc) is 2.69. The molecule has 13 heteroatoms. The summed E-state index contributed by atoms with van der Waals surface area (Å²) < 4.78 is 8.01. The summed E-state index contributed by atoms with van der Waals surface area (Å²) in [6, 6.07) is 3.23. The molecule has 0 aliphatic rings. The molecule has 0 bridgehead atoms. The van der Waals surface area contributed by atoms with Crippen LogP contribution in [0.2, 0.25) is 0 Å². The number of aliphatic hydroxyl groups excluding tert-OH is 5. The highest BCUT2D eigenvalue weighted by molar-refractivity contribution is 6.58. The number of carboxylic acids is 1. The minimum absolute atomic E-state index is 0.190. The Labute approximate surface area is 162 Å². The van der Waals surface area contributed by atoms with E-state index in [1.54, 1.807) is 0 Å². The molecule has 10 N–H and O–H groups in total. The molecule has 0 unspecified atom stereocenters. The first-order valence-electron chi connectivity index (χ1n) is 8.67. The summed E-state index contributed by atoms with van der Waals surface area (Å²) in [5.41, 5.74) is 4.63. The Morgan fingerprint density at radius 2 is 1.68 bits per heavy atom. The van der Waals surface area contributed by atoms with Crippen molar-refractivity contribution < 1.29 is 51.7 Å². The van der Waals surface area contributed by atoms with Crippen LogP contribution in [0.25, 0.3) is 0 Å². The molecule has 1 aromatic carbocycles. The summed E-state index contributed by atoms with van der Waals surface area (Å²) in [5.74, 6) is -1.57. The van der Waals surface area contributed by atoms with Gasteiger partial charge in [0.05, 0.1) is 14.6 Å². The Bertz CT molecular complexity index is 640. The molecule has 0 saturated carbocycles. The third-order valence-corrected chi connectivity index (χ3v) is 3.77. The van der Waals surface area contributed by atoms with Crippen molar-refractivity contribution in [1.29, 1.82) is 0 Å². The predicted molar refractivity (Wildman–Crippen MR) is 94.7 cm³/mol. The molecule has 5 atom stereocenters. The number of carboxylic acid groups (broad SMARTS) is 1. The van der Waals surface area contributed by atoms with Crippen molar-refractivity contribution in [2.24, 2.45) is 0 Å². The number of hydrogen-bond acceptors (Lipinski definition) is 11. The van der Waals surface area contributed by atoms with Crippen LogP contribution in [0.3, 0.4) is 0 Å². The van der Waals surface area contributed by atoms with E-state index < -0.39 is 56.7 Å². The number of aliphatic hydroxyl groups is 5. The summed E-state index contributed by atoms with van der Waals surface area (Å²) >= 11 is 0. The smallest absolute Gasteiger partial charge is 0.480 e. The van der Waals surface area contributed by atoms with Crippen LogP contribution >= 0.6 is 0 Å². The summed E-state index contributed by atoms with van der Waals surface area (Å²) in [7, 11) is -1.68. The van der Waals surface area contributed by atoms with Crippen LogP contribution in [0.5, 0.6) is 0 Å². The second kappa shape index (κ2) is 12.0. The van der Waals surface area contributed by atoms with Crippen LogP contribution < -0.4 is 16.5 Å². The van der Waals surface area contributed by atoms with Crippen molar-refractivity contribution in [3.63, 3.8) is 0 Å². The monoisotopic (exact) mass is 405 g/mol. The van der Waals surface area contributed by atoms with Gasteiger partial charge in [0.2, 0.25) is 0 Å². The molecule has 1 rings (SSSR count). The largest absolute Gasteiger partial charge is 0.488 e. The van der Waals surface area contributed by atoms with Gasteiger partial charge >= 0.3 is 13.1 Å². The number of rotatable bonds is 13. The summed E-state index contributed by atoms with van der Waals surface area (Å²) in [4.78, 5) is 16.2. The predicted octanol–water partition coefficient (Wildman–Crippen LogP) is -5.18. The first kappa shape index (κ1) is 22.6. The molecule has 1 aromatic rings. The second-order valence-corrected chi connectivity index (χ2v) is 5.91. The standard InChI is InChI=1S/C15H25BN2O10/c19-6-11(20)13(22)14(23)12(21)7-28-18-17-10(15(24)25)5-8-1-3-9(4-2-8)16(26)27/h1-4,10-14,17-23,26-27H,5-7H2,(H,24,25)/t10-,11+,12-,13+,14+/m0/s1/i10D. The first-order chi connectivity index (χ1) is 13.5. The lowest BCUT2D eigenvalue weighted by Crippen LogP contribution is -2.50. The van der Waals surface area contributed by atoms with Gasteiger partial charge in [-0.25, -0.2) is 5.43 Å². The van der Waals surface area contributed by atoms with E-state index in [-0.39, 0.29) is 11.9 Å². The maximum atomic E-state index is 11.4. The normalized spacial score (nSPS) is 18.5. The highest BCUT2D eigenvalue weighted by Crippen LogP contribution is 2.05. The molecule has 28 heavy (non-hydrogen) atoms. The number of aliphatic carboxylic acids is 1. The molecule has 0 amide bonds. The molecular weight excluding hydrogens is 379 g/mol. The minimum atomic E-state index is -2.31. The van der Waals surface area contributed by atoms with E-state index in [0.29, 0.717) is 5.56 Å². The van der Waals surface area contributed by atoms with Gasteiger partial charge < -0.3 is 40.7 Å². The van der Waals surface area contributed by atoms with Crippen LogP contribution in [0.4, 0.5) is 0 Å². The quantitative estimate of drug-likeness (QED) is 0.0848. The van der Waals surface area contributed by atoms with E-state index in [9.17, 15) is 30.3 Å². The van der Waals surface area contributed by atoms with Gasteiger partial charge in [-0.15, -0.1) is 5.59 Å². The Kier molecular flexibility index (Phi) is 9.73. The van der Waals surface area contributed by atoms with Gasteiger partial charge in [0.1, 0.15) is 30.4 Å². The summed E-state index contributed by atoms with van der Waals surface area (Å²) in [6.07, 6.45) is -7.45. The second-order valence-electron chi connectivity index (χ2n) is 5.91. The van der Waals surface area contributed by atoms with E-state index in [0.717, 1.165) is 0 Å². The van der Waals surface area contributed by atoms with Gasteiger partial charge in [-0.3, -0.25) is 9.63 Å². The molecular formula is C15H25BN2O10. The zero-order valence-electron chi connectivity index (χ0n) is 15.7. The molecule has 0 heterocycles. The average molecular weight is 405 g/mol. The Hall–Kier alpha value is -1.65. The molecule has 0 aromatic heterocycles. The lowest BCUT2D eigenvalue weighted by atomic mass is 9.80. The maximum Gasteiger partial charge on any atom is 0.488 e. The number of carbonyl (C=O) groups is 1. The van der Waals surface area contributed by atoms with E-state index >= 15 is 0 Å². The molecule has 0 saturated heterocycles. The fraction of sp³-hybridized carbons (Fsp3) is 0.533. The van der Waals surface area contributed by atoms with Crippen molar-refractivity contribution in [3.8, 4) is 0 Å². The van der Waals surface area contributed by atoms with Gasteiger partial charge in [-0.1, -0.05) is 24.3 Å². The van der Waals surface area contributed by atoms with E-state index in [1.807, 2.05) is 5.59 Å². The molecule has 0 aliphatic heterocycles. The fourth-order valence-electron chi connectivity index (χ4n) is 2.07. The Morgan fingerprint density at radius 1 is 1.11 bits per heavy atom. The van der Waals surface area contributed by atoms with E-state index in [1.165, 1.54) is 24.3 Å². The summed E-state index contributed by atoms with van der Waals surface area (Å²) in [6.45, 7) is -1.51. The SMILES string of the molecule is [2H][C@@](Cc1ccc(B(O)O)cc1)(NNOC[C@H](O)[C@@H](O)[C@H](O)[C@H](O)CO)C(=O)O.